The van der Waals surface area contributed by atoms with E-state index in [0.717, 1.165) is 42.5 Å². The van der Waals surface area contributed by atoms with Crippen molar-refractivity contribution in [3.8, 4) is 5.75 Å². The fourth-order valence-corrected chi connectivity index (χ4v) is 2.65. The SMILES string of the molecule is CCN(CC(N)=S)Cc1cc(Cl)cc2c1OCC2. The van der Waals surface area contributed by atoms with Gasteiger partial charge >= 0.3 is 0 Å². The van der Waals surface area contributed by atoms with Crippen molar-refractivity contribution in [2.45, 2.75) is 19.9 Å². The highest BCUT2D eigenvalue weighted by molar-refractivity contribution is 7.80. The van der Waals surface area contributed by atoms with Crippen LogP contribution in [0.4, 0.5) is 0 Å². The number of nitrogens with zero attached hydrogens (tertiary/aromatic N) is 1. The van der Waals surface area contributed by atoms with Gasteiger partial charge in [0.25, 0.3) is 0 Å². The topological polar surface area (TPSA) is 38.5 Å². The van der Waals surface area contributed by atoms with Crippen LogP contribution in [-0.2, 0) is 13.0 Å². The van der Waals surface area contributed by atoms with Gasteiger partial charge in [-0.05, 0) is 24.2 Å². The summed E-state index contributed by atoms with van der Waals surface area (Å²) in [5.41, 5.74) is 7.91. The van der Waals surface area contributed by atoms with Crippen molar-refractivity contribution < 1.29 is 4.74 Å². The van der Waals surface area contributed by atoms with E-state index >= 15 is 0 Å². The molecule has 5 heteroatoms. The Morgan fingerprint density at radius 2 is 2.33 bits per heavy atom. The highest BCUT2D eigenvalue weighted by Gasteiger charge is 2.19. The lowest BCUT2D eigenvalue weighted by atomic mass is 10.1. The third kappa shape index (κ3) is 3.13. The first kappa shape index (κ1) is 13.6. The van der Waals surface area contributed by atoms with Crippen LogP contribution in [0.25, 0.3) is 0 Å². The molecule has 3 nitrogen and oxygen atoms in total. The van der Waals surface area contributed by atoms with Crippen LogP contribution in [-0.4, -0.2) is 29.6 Å². The summed E-state index contributed by atoms with van der Waals surface area (Å²) in [5.74, 6) is 0.987. The minimum Gasteiger partial charge on any atom is -0.493 e. The maximum Gasteiger partial charge on any atom is 0.127 e. The number of fused-ring (bicyclic) bond motifs is 1. The van der Waals surface area contributed by atoms with Gasteiger partial charge in [-0.3, -0.25) is 4.90 Å². The highest BCUT2D eigenvalue weighted by Crippen LogP contribution is 2.33. The standard InChI is InChI=1S/C13H17ClN2OS/c1-2-16(8-12(15)18)7-10-6-11(14)5-9-3-4-17-13(9)10/h5-6H,2-4,7-8H2,1H3,(H2,15,18). The molecule has 1 heterocycles. The second kappa shape index (κ2) is 5.87. The molecule has 0 aliphatic carbocycles. The van der Waals surface area contributed by atoms with Crippen LogP contribution >= 0.6 is 23.8 Å². The van der Waals surface area contributed by atoms with Gasteiger partial charge in [-0.25, -0.2) is 0 Å². The van der Waals surface area contributed by atoms with Crippen LogP contribution < -0.4 is 10.5 Å². The summed E-state index contributed by atoms with van der Waals surface area (Å²) in [6.07, 6.45) is 0.935. The molecule has 0 fully saturated rings. The molecule has 2 rings (SSSR count). The Kier molecular flexibility index (Phi) is 4.43. The Bertz CT molecular complexity index is 465. The number of ether oxygens (including phenoxy) is 1. The van der Waals surface area contributed by atoms with Gasteiger partial charge in [-0.1, -0.05) is 30.7 Å². The minimum atomic E-state index is 0.511. The Balaban J connectivity index is 2.20. The lowest BCUT2D eigenvalue weighted by molar-refractivity contribution is 0.306. The van der Waals surface area contributed by atoms with Crippen molar-refractivity contribution in [3.63, 3.8) is 0 Å². The average molecular weight is 285 g/mol. The summed E-state index contributed by atoms with van der Waals surface area (Å²) in [7, 11) is 0. The maximum absolute atomic E-state index is 6.14. The van der Waals surface area contributed by atoms with E-state index in [2.05, 4.69) is 11.8 Å². The summed E-state index contributed by atoms with van der Waals surface area (Å²) in [4.78, 5) is 2.69. The first-order valence-corrected chi connectivity index (χ1v) is 6.83. The zero-order valence-electron chi connectivity index (χ0n) is 10.4. The zero-order chi connectivity index (χ0) is 13.1. The summed E-state index contributed by atoms with van der Waals surface area (Å²) in [5, 5.41) is 0.764. The molecule has 0 amide bonds. The molecule has 0 spiro atoms. The molecule has 0 bridgehead atoms. The molecule has 98 valence electrons. The van der Waals surface area contributed by atoms with E-state index in [9.17, 15) is 0 Å². The fourth-order valence-electron chi connectivity index (χ4n) is 2.20. The quantitative estimate of drug-likeness (QED) is 0.843. The van der Waals surface area contributed by atoms with Gasteiger partial charge in [0.15, 0.2) is 0 Å². The Morgan fingerprint density at radius 1 is 1.56 bits per heavy atom. The smallest absolute Gasteiger partial charge is 0.127 e. The molecule has 0 unspecified atom stereocenters. The van der Waals surface area contributed by atoms with Gasteiger partial charge < -0.3 is 10.5 Å². The molecular formula is C13H17ClN2OS. The normalized spacial score (nSPS) is 13.5. The van der Waals surface area contributed by atoms with Gasteiger partial charge in [0.2, 0.25) is 0 Å². The third-order valence-electron chi connectivity index (χ3n) is 3.05. The van der Waals surface area contributed by atoms with Crippen LogP contribution in [0.5, 0.6) is 5.75 Å². The maximum atomic E-state index is 6.14. The van der Waals surface area contributed by atoms with Crippen LogP contribution in [0, 0.1) is 0 Å². The van der Waals surface area contributed by atoms with Crippen molar-refractivity contribution in [1.82, 2.24) is 4.90 Å². The summed E-state index contributed by atoms with van der Waals surface area (Å²) >= 11 is 11.1. The van der Waals surface area contributed by atoms with E-state index in [0.29, 0.717) is 11.5 Å². The molecule has 0 aromatic heterocycles. The van der Waals surface area contributed by atoms with E-state index in [1.165, 1.54) is 5.56 Å². The fraction of sp³-hybridized carbons (Fsp3) is 0.462. The minimum absolute atomic E-state index is 0.511. The van der Waals surface area contributed by atoms with E-state index in [4.69, 9.17) is 34.3 Å². The number of hydrogen-bond acceptors (Lipinski definition) is 3. The van der Waals surface area contributed by atoms with Gasteiger partial charge in [-0.15, -0.1) is 0 Å². The van der Waals surface area contributed by atoms with Gasteiger partial charge in [0.1, 0.15) is 5.75 Å². The van der Waals surface area contributed by atoms with Crippen LogP contribution in [0.15, 0.2) is 12.1 Å². The van der Waals surface area contributed by atoms with Crippen molar-refractivity contribution in [2.75, 3.05) is 19.7 Å². The molecule has 18 heavy (non-hydrogen) atoms. The monoisotopic (exact) mass is 284 g/mol. The largest absolute Gasteiger partial charge is 0.493 e. The summed E-state index contributed by atoms with van der Waals surface area (Å²) in [6.45, 7) is 5.09. The first-order chi connectivity index (χ1) is 8.60. The van der Waals surface area contributed by atoms with Gasteiger partial charge in [0, 0.05) is 30.1 Å². The Hall–Kier alpha value is -0.840. The molecule has 1 aromatic rings. The molecule has 0 saturated carbocycles. The lowest BCUT2D eigenvalue weighted by Gasteiger charge is -2.21. The average Bonchev–Trinajstić information content (AvgIpc) is 2.75. The highest BCUT2D eigenvalue weighted by atomic mass is 35.5. The molecule has 1 aliphatic rings. The number of nitrogens with two attached hydrogens (primary N) is 1. The molecular weight excluding hydrogens is 268 g/mol. The zero-order valence-corrected chi connectivity index (χ0v) is 12.0. The molecule has 0 atom stereocenters. The second-order valence-electron chi connectivity index (χ2n) is 4.42. The third-order valence-corrected chi connectivity index (χ3v) is 3.39. The number of benzene rings is 1. The molecule has 2 N–H and O–H groups in total. The molecule has 0 saturated heterocycles. The van der Waals surface area contributed by atoms with E-state index < -0.39 is 0 Å². The number of rotatable bonds is 5. The van der Waals surface area contributed by atoms with Crippen LogP contribution in [0.3, 0.4) is 0 Å². The Labute approximate surface area is 118 Å². The van der Waals surface area contributed by atoms with Gasteiger partial charge in [-0.2, -0.15) is 0 Å². The number of hydrogen-bond donors (Lipinski definition) is 1. The predicted octanol–water partition coefficient (Wildman–Crippen LogP) is 2.38. The van der Waals surface area contributed by atoms with Gasteiger partial charge in [0.05, 0.1) is 11.6 Å². The molecule has 1 aliphatic heterocycles. The van der Waals surface area contributed by atoms with Crippen molar-refractivity contribution in [1.29, 1.82) is 0 Å². The molecule has 1 aromatic carbocycles. The van der Waals surface area contributed by atoms with Crippen molar-refractivity contribution >= 4 is 28.8 Å². The van der Waals surface area contributed by atoms with E-state index in [-0.39, 0.29) is 0 Å². The Morgan fingerprint density at radius 3 is 3.00 bits per heavy atom. The second-order valence-corrected chi connectivity index (χ2v) is 5.38. The number of halogens is 1. The number of likely N-dealkylation sites (N-methyl/N-ethyl adjacent to an activating group) is 1. The van der Waals surface area contributed by atoms with Crippen molar-refractivity contribution in [2.24, 2.45) is 5.73 Å². The van der Waals surface area contributed by atoms with Crippen LogP contribution in [0.1, 0.15) is 18.1 Å². The first-order valence-electron chi connectivity index (χ1n) is 6.05. The summed E-state index contributed by atoms with van der Waals surface area (Å²) < 4.78 is 5.69. The summed E-state index contributed by atoms with van der Waals surface area (Å²) in [6, 6.07) is 3.95. The number of thiocarbonyl (C=S) groups is 1. The molecule has 0 radical (unpaired) electrons. The van der Waals surface area contributed by atoms with Crippen molar-refractivity contribution in [3.05, 3.63) is 28.3 Å². The predicted molar refractivity (Wildman–Crippen MR) is 78.4 cm³/mol. The van der Waals surface area contributed by atoms with E-state index in [1.54, 1.807) is 0 Å². The van der Waals surface area contributed by atoms with E-state index in [1.807, 2.05) is 12.1 Å². The lowest BCUT2D eigenvalue weighted by Crippen LogP contribution is -2.32. The van der Waals surface area contributed by atoms with Crippen LogP contribution in [0.2, 0.25) is 5.02 Å².